The largest absolute Gasteiger partial charge is 0.393 e. The number of rotatable bonds is 5. The van der Waals surface area contributed by atoms with Crippen LogP contribution in [0.25, 0.3) is 0 Å². The van der Waals surface area contributed by atoms with Gasteiger partial charge in [0.15, 0.2) is 0 Å². The smallest absolute Gasteiger partial charge is 0.237 e. The minimum Gasteiger partial charge on any atom is -0.393 e. The Hall–Kier alpha value is -0.610. The van der Waals surface area contributed by atoms with Gasteiger partial charge in [-0.15, -0.1) is 0 Å². The van der Waals surface area contributed by atoms with Gasteiger partial charge in [0.2, 0.25) is 5.91 Å². The molecule has 2 saturated heterocycles. The zero-order valence-corrected chi connectivity index (χ0v) is 12.4. The summed E-state index contributed by atoms with van der Waals surface area (Å²) in [5.41, 5.74) is 0. The highest BCUT2D eigenvalue weighted by atomic mass is 16.3. The average Bonchev–Trinajstić information content (AvgIpc) is 2.60. The lowest BCUT2D eigenvalue weighted by molar-refractivity contribution is -0.129. The van der Waals surface area contributed by atoms with Crippen molar-refractivity contribution in [3.8, 4) is 0 Å². The minimum atomic E-state index is -0.164. The Morgan fingerprint density at radius 2 is 1.89 bits per heavy atom. The van der Waals surface area contributed by atoms with Gasteiger partial charge in [0.1, 0.15) is 0 Å². The second kappa shape index (κ2) is 6.23. The van der Waals surface area contributed by atoms with Crippen molar-refractivity contribution in [3.05, 3.63) is 0 Å². The molecule has 0 aromatic carbocycles. The maximum absolute atomic E-state index is 12.3. The summed E-state index contributed by atoms with van der Waals surface area (Å²) in [5.74, 6) is 0.147. The molecule has 2 heterocycles. The predicted octanol–water partition coefficient (Wildman–Crippen LogP) is 1.67. The first-order valence-corrected chi connectivity index (χ1v) is 7.78. The molecule has 0 radical (unpaired) electrons. The van der Waals surface area contributed by atoms with E-state index < -0.39 is 0 Å². The van der Waals surface area contributed by atoms with E-state index in [1.54, 1.807) is 0 Å². The number of aliphatic hydroxyl groups excluding tert-OH is 1. The van der Waals surface area contributed by atoms with Crippen molar-refractivity contribution in [2.24, 2.45) is 0 Å². The number of fused-ring (bicyclic) bond motifs is 2. The molecular formula is C15H28N2O2. The standard InChI is InChI=1S/C15H28N2O2/c1-4-5-10(2)16-15(19)11(3)17-12-6-7-13(17)9-14(18)8-12/h10-14,18H,4-9H2,1-3H3,(H,16,19). The van der Waals surface area contributed by atoms with Gasteiger partial charge in [-0.3, -0.25) is 9.69 Å². The molecule has 0 aliphatic carbocycles. The lowest BCUT2D eigenvalue weighted by Crippen LogP contribution is -2.55. The quantitative estimate of drug-likeness (QED) is 0.797. The molecule has 4 unspecified atom stereocenters. The predicted molar refractivity (Wildman–Crippen MR) is 75.9 cm³/mol. The lowest BCUT2D eigenvalue weighted by atomic mass is 9.97. The molecule has 1 amide bonds. The molecule has 2 N–H and O–H groups in total. The molecular weight excluding hydrogens is 240 g/mol. The van der Waals surface area contributed by atoms with Crippen LogP contribution in [-0.2, 0) is 4.79 Å². The Morgan fingerprint density at radius 3 is 2.42 bits per heavy atom. The first-order chi connectivity index (χ1) is 9.02. The van der Waals surface area contributed by atoms with Gasteiger partial charge in [0.25, 0.3) is 0 Å². The number of nitrogens with zero attached hydrogens (tertiary/aromatic N) is 1. The van der Waals surface area contributed by atoms with Crippen LogP contribution in [-0.4, -0.2) is 46.2 Å². The van der Waals surface area contributed by atoms with E-state index in [2.05, 4.69) is 24.1 Å². The third-order valence-electron chi connectivity index (χ3n) is 4.70. The molecule has 0 saturated carbocycles. The van der Waals surface area contributed by atoms with Crippen LogP contribution >= 0.6 is 0 Å². The number of carbonyl (C=O) groups excluding carboxylic acids is 1. The maximum atomic E-state index is 12.3. The van der Waals surface area contributed by atoms with Crippen LogP contribution in [0.4, 0.5) is 0 Å². The van der Waals surface area contributed by atoms with Gasteiger partial charge < -0.3 is 10.4 Å². The van der Waals surface area contributed by atoms with Gasteiger partial charge in [-0.2, -0.15) is 0 Å². The fraction of sp³-hybridized carbons (Fsp3) is 0.933. The summed E-state index contributed by atoms with van der Waals surface area (Å²) in [5, 5.41) is 12.9. The summed E-state index contributed by atoms with van der Waals surface area (Å²) in [7, 11) is 0. The molecule has 4 nitrogen and oxygen atoms in total. The van der Waals surface area contributed by atoms with Crippen LogP contribution in [0.15, 0.2) is 0 Å². The molecule has 2 fully saturated rings. The van der Waals surface area contributed by atoms with Crippen molar-refractivity contribution in [2.75, 3.05) is 0 Å². The van der Waals surface area contributed by atoms with Crippen LogP contribution in [0.3, 0.4) is 0 Å². The Bertz CT molecular complexity index is 307. The van der Waals surface area contributed by atoms with E-state index in [1.807, 2.05) is 6.92 Å². The topological polar surface area (TPSA) is 52.6 Å². The summed E-state index contributed by atoms with van der Waals surface area (Å²) in [6.07, 6.45) is 5.88. The normalized spacial score (nSPS) is 34.0. The van der Waals surface area contributed by atoms with Gasteiger partial charge in [-0.1, -0.05) is 13.3 Å². The molecule has 4 heteroatoms. The molecule has 4 atom stereocenters. The third-order valence-corrected chi connectivity index (χ3v) is 4.70. The molecule has 0 aromatic rings. The number of hydrogen-bond donors (Lipinski definition) is 2. The van der Waals surface area contributed by atoms with Crippen LogP contribution in [0, 0.1) is 0 Å². The van der Waals surface area contributed by atoms with E-state index in [4.69, 9.17) is 0 Å². The zero-order chi connectivity index (χ0) is 14.0. The first kappa shape index (κ1) is 14.8. The van der Waals surface area contributed by atoms with Crippen LogP contribution in [0.1, 0.15) is 59.3 Å². The van der Waals surface area contributed by atoms with Crippen molar-refractivity contribution in [2.45, 2.75) is 89.6 Å². The van der Waals surface area contributed by atoms with E-state index in [-0.39, 0.29) is 24.1 Å². The maximum Gasteiger partial charge on any atom is 0.237 e. The first-order valence-electron chi connectivity index (χ1n) is 7.78. The van der Waals surface area contributed by atoms with Gasteiger partial charge in [-0.25, -0.2) is 0 Å². The van der Waals surface area contributed by atoms with E-state index >= 15 is 0 Å². The molecule has 110 valence electrons. The van der Waals surface area contributed by atoms with Gasteiger partial charge in [-0.05, 0) is 46.0 Å². The SMILES string of the molecule is CCCC(C)NC(=O)C(C)N1C2CCC1CC(O)C2. The Morgan fingerprint density at radius 1 is 1.32 bits per heavy atom. The second-order valence-corrected chi connectivity index (χ2v) is 6.33. The Labute approximate surface area is 116 Å². The fourth-order valence-electron chi connectivity index (χ4n) is 3.82. The van der Waals surface area contributed by atoms with Crippen LogP contribution in [0.5, 0.6) is 0 Å². The molecule has 2 aliphatic heterocycles. The highest BCUT2D eigenvalue weighted by Crippen LogP contribution is 2.37. The highest BCUT2D eigenvalue weighted by molar-refractivity contribution is 5.81. The number of aliphatic hydroxyl groups is 1. The zero-order valence-electron chi connectivity index (χ0n) is 12.4. The van der Waals surface area contributed by atoms with Crippen molar-refractivity contribution in [3.63, 3.8) is 0 Å². The summed E-state index contributed by atoms with van der Waals surface area (Å²) in [6, 6.07) is 0.990. The minimum absolute atomic E-state index is 0.0655. The number of carbonyl (C=O) groups is 1. The number of nitrogens with one attached hydrogen (secondary N) is 1. The summed E-state index contributed by atoms with van der Waals surface area (Å²) in [6.45, 7) is 6.22. The number of amides is 1. The molecule has 2 rings (SSSR count). The number of piperidine rings is 1. The summed E-state index contributed by atoms with van der Waals surface area (Å²) >= 11 is 0. The van der Waals surface area contributed by atoms with Gasteiger partial charge >= 0.3 is 0 Å². The number of hydrogen-bond acceptors (Lipinski definition) is 3. The van der Waals surface area contributed by atoms with Gasteiger partial charge in [0.05, 0.1) is 12.1 Å². The van der Waals surface area contributed by atoms with E-state index in [0.29, 0.717) is 12.1 Å². The Kier molecular flexibility index (Phi) is 4.85. The highest BCUT2D eigenvalue weighted by Gasteiger charge is 2.44. The average molecular weight is 268 g/mol. The fourth-order valence-corrected chi connectivity index (χ4v) is 3.82. The molecule has 19 heavy (non-hydrogen) atoms. The monoisotopic (exact) mass is 268 g/mol. The van der Waals surface area contributed by atoms with E-state index in [0.717, 1.165) is 38.5 Å². The molecule has 0 aromatic heterocycles. The summed E-state index contributed by atoms with van der Waals surface area (Å²) < 4.78 is 0. The molecule has 2 aliphatic rings. The lowest BCUT2D eigenvalue weighted by Gasteiger charge is -2.40. The van der Waals surface area contributed by atoms with E-state index in [1.165, 1.54) is 0 Å². The van der Waals surface area contributed by atoms with E-state index in [9.17, 15) is 9.90 Å². The van der Waals surface area contributed by atoms with Gasteiger partial charge in [0, 0.05) is 18.1 Å². The Balaban J connectivity index is 1.92. The van der Waals surface area contributed by atoms with Crippen molar-refractivity contribution >= 4 is 5.91 Å². The molecule has 2 bridgehead atoms. The van der Waals surface area contributed by atoms with Crippen molar-refractivity contribution in [1.82, 2.24) is 10.2 Å². The third kappa shape index (κ3) is 3.29. The second-order valence-electron chi connectivity index (χ2n) is 6.33. The van der Waals surface area contributed by atoms with Crippen molar-refractivity contribution < 1.29 is 9.90 Å². The van der Waals surface area contributed by atoms with Crippen molar-refractivity contribution in [1.29, 1.82) is 0 Å². The molecule has 0 spiro atoms. The van der Waals surface area contributed by atoms with Crippen LogP contribution < -0.4 is 5.32 Å². The summed E-state index contributed by atoms with van der Waals surface area (Å²) in [4.78, 5) is 14.7. The van der Waals surface area contributed by atoms with Crippen LogP contribution in [0.2, 0.25) is 0 Å².